The molecule has 8 heteroatoms. The van der Waals surface area contributed by atoms with Gasteiger partial charge in [0.15, 0.2) is 0 Å². The quantitative estimate of drug-likeness (QED) is 0.425. The third kappa shape index (κ3) is 3.86. The normalized spacial score (nSPS) is 16.5. The van der Waals surface area contributed by atoms with Crippen LogP contribution in [0.25, 0.3) is 0 Å². The second kappa shape index (κ2) is 7.85. The lowest BCUT2D eigenvalue weighted by Gasteiger charge is -2.21. The number of hydrogen-bond donors (Lipinski definition) is 0. The van der Waals surface area contributed by atoms with Crippen LogP contribution in [0.3, 0.4) is 0 Å². The molecule has 0 fully saturated rings. The first-order chi connectivity index (χ1) is 12.5. The third-order valence-corrected chi connectivity index (χ3v) is 4.56. The number of nitro groups is 1. The van der Waals surface area contributed by atoms with Gasteiger partial charge in [-0.3, -0.25) is 14.9 Å². The van der Waals surface area contributed by atoms with Crippen LogP contribution in [-0.2, 0) is 4.79 Å². The van der Waals surface area contributed by atoms with Crippen molar-refractivity contribution in [2.75, 3.05) is 5.88 Å². The van der Waals surface area contributed by atoms with E-state index in [0.29, 0.717) is 17.0 Å². The van der Waals surface area contributed by atoms with Crippen molar-refractivity contribution in [2.24, 2.45) is 5.10 Å². The minimum absolute atomic E-state index is 0.0211. The van der Waals surface area contributed by atoms with Crippen molar-refractivity contribution < 1.29 is 9.72 Å². The minimum atomic E-state index is -0.454. The Morgan fingerprint density at radius 2 is 2.00 bits per heavy atom. The number of carbonyl (C=O) groups excluding carboxylic acids is 1. The van der Waals surface area contributed by atoms with E-state index >= 15 is 0 Å². The van der Waals surface area contributed by atoms with Crippen LogP contribution >= 0.6 is 23.2 Å². The number of hydrogen-bond acceptors (Lipinski definition) is 4. The van der Waals surface area contributed by atoms with E-state index in [1.54, 1.807) is 24.3 Å². The molecule has 0 bridgehead atoms. The van der Waals surface area contributed by atoms with Crippen molar-refractivity contribution in [2.45, 2.75) is 18.9 Å². The van der Waals surface area contributed by atoms with Gasteiger partial charge in [0.1, 0.15) is 0 Å². The first-order valence-corrected chi connectivity index (χ1v) is 8.86. The third-order valence-electron chi connectivity index (χ3n) is 4.12. The van der Waals surface area contributed by atoms with Gasteiger partial charge < -0.3 is 0 Å². The Morgan fingerprint density at radius 1 is 1.27 bits per heavy atom. The summed E-state index contributed by atoms with van der Waals surface area (Å²) in [6, 6.07) is 13.0. The lowest BCUT2D eigenvalue weighted by molar-refractivity contribution is -0.384. The fourth-order valence-corrected chi connectivity index (χ4v) is 3.15. The zero-order valence-corrected chi connectivity index (χ0v) is 15.2. The van der Waals surface area contributed by atoms with Gasteiger partial charge in [0.2, 0.25) is 5.91 Å². The van der Waals surface area contributed by atoms with Crippen LogP contribution in [0.5, 0.6) is 0 Å². The molecule has 0 aliphatic carbocycles. The van der Waals surface area contributed by atoms with Crippen LogP contribution in [0.4, 0.5) is 5.69 Å². The Balaban J connectivity index is 1.96. The summed E-state index contributed by atoms with van der Waals surface area (Å²) in [7, 11) is 0. The Hall–Kier alpha value is -2.44. The van der Waals surface area contributed by atoms with E-state index in [2.05, 4.69) is 5.10 Å². The van der Waals surface area contributed by atoms with Gasteiger partial charge in [-0.05, 0) is 23.3 Å². The minimum Gasteiger partial charge on any atom is -0.273 e. The monoisotopic (exact) mass is 391 g/mol. The number of carbonyl (C=O) groups is 1. The molecule has 0 radical (unpaired) electrons. The van der Waals surface area contributed by atoms with E-state index in [9.17, 15) is 14.9 Å². The first-order valence-electron chi connectivity index (χ1n) is 7.95. The molecule has 2 aromatic carbocycles. The molecule has 1 amide bonds. The van der Waals surface area contributed by atoms with Gasteiger partial charge >= 0.3 is 0 Å². The van der Waals surface area contributed by atoms with E-state index in [1.165, 1.54) is 17.1 Å². The summed E-state index contributed by atoms with van der Waals surface area (Å²) in [6.07, 6.45) is 0.598. The van der Waals surface area contributed by atoms with Crippen molar-refractivity contribution in [1.29, 1.82) is 0 Å². The van der Waals surface area contributed by atoms with E-state index in [4.69, 9.17) is 23.2 Å². The summed E-state index contributed by atoms with van der Waals surface area (Å²) >= 11 is 11.6. The summed E-state index contributed by atoms with van der Waals surface area (Å²) in [4.78, 5) is 23.1. The average molecular weight is 392 g/mol. The highest BCUT2D eigenvalue weighted by Gasteiger charge is 2.33. The number of nitrogens with zero attached hydrogens (tertiary/aromatic N) is 3. The Labute approximate surface area is 160 Å². The van der Waals surface area contributed by atoms with Gasteiger partial charge in [0.05, 0.1) is 16.7 Å². The summed E-state index contributed by atoms with van der Waals surface area (Å²) in [6.45, 7) is 0. The first kappa shape index (κ1) is 18.4. The molecule has 0 unspecified atom stereocenters. The average Bonchev–Trinajstić information content (AvgIpc) is 3.08. The Bertz CT molecular complexity index is 868. The van der Waals surface area contributed by atoms with Crippen LogP contribution in [0, 0.1) is 10.1 Å². The maximum atomic E-state index is 12.5. The molecular formula is C18H15Cl2N3O3. The van der Waals surface area contributed by atoms with E-state index < -0.39 is 11.0 Å². The molecular weight excluding hydrogens is 377 g/mol. The van der Waals surface area contributed by atoms with Gasteiger partial charge in [0.25, 0.3) is 5.69 Å². The van der Waals surface area contributed by atoms with Crippen molar-refractivity contribution in [3.8, 4) is 0 Å². The molecule has 1 aliphatic rings. The highest BCUT2D eigenvalue weighted by molar-refractivity contribution is 6.30. The number of benzene rings is 2. The summed E-state index contributed by atoms with van der Waals surface area (Å²) in [5, 5.41) is 17.5. The summed E-state index contributed by atoms with van der Waals surface area (Å²) in [5.41, 5.74) is 2.22. The predicted molar refractivity (Wildman–Crippen MR) is 101 cm³/mol. The molecule has 26 heavy (non-hydrogen) atoms. The number of amides is 1. The molecule has 0 N–H and O–H groups in total. The van der Waals surface area contributed by atoms with Gasteiger partial charge in [-0.25, -0.2) is 5.01 Å². The smallest absolute Gasteiger partial charge is 0.269 e. The van der Waals surface area contributed by atoms with E-state index in [0.717, 1.165) is 11.3 Å². The Kier molecular flexibility index (Phi) is 5.54. The molecule has 0 saturated heterocycles. The number of alkyl halides is 1. The zero-order valence-electron chi connectivity index (χ0n) is 13.6. The lowest BCUT2D eigenvalue weighted by atomic mass is 9.98. The van der Waals surface area contributed by atoms with E-state index in [-0.39, 0.29) is 23.9 Å². The molecule has 0 saturated carbocycles. The van der Waals surface area contributed by atoms with Crippen molar-refractivity contribution in [3.63, 3.8) is 0 Å². The second-order valence-electron chi connectivity index (χ2n) is 5.80. The van der Waals surface area contributed by atoms with Gasteiger partial charge in [-0.1, -0.05) is 35.9 Å². The number of halogens is 2. The second-order valence-corrected chi connectivity index (χ2v) is 6.62. The van der Waals surface area contributed by atoms with Crippen LogP contribution < -0.4 is 0 Å². The molecule has 1 atom stereocenters. The van der Waals surface area contributed by atoms with Crippen molar-refractivity contribution in [3.05, 3.63) is 74.8 Å². The molecule has 0 aromatic heterocycles. The van der Waals surface area contributed by atoms with Crippen molar-refractivity contribution >= 4 is 40.5 Å². The molecule has 3 rings (SSSR count). The number of nitro benzene ring substituents is 1. The lowest BCUT2D eigenvalue weighted by Crippen LogP contribution is -2.27. The van der Waals surface area contributed by atoms with Crippen LogP contribution in [0.2, 0.25) is 5.02 Å². The van der Waals surface area contributed by atoms with Crippen LogP contribution in [-0.4, -0.2) is 27.4 Å². The standard InChI is InChI=1S/C18H15Cl2N3O3/c19-9-8-18(24)22-17(13-2-1-3-15(10-13)23(25)26)11-16(21-22)12-4-6-14(20)7-5-12/h1-7,10,17H,8-9,11H2/t17-/m1/s1. The van der Waals surface area contributed by atoms with Gasteiger partial charge in [-0.15, -0.1) is 11.6 Å². The maximum Gasteiger partial charge on any atom is 0.269 e. The van der Waals surface area contributed by atoms with Gasteiger partial charge in [0, 0.05) is 35.9 Å². The fourth-order valence-electron chi connectivity index (χ4n) is 2.86. The summed E-state index contributed by atoms with van der Waals surface area (Å²) < 4.78 is 0. The largest absolute Gasteiger partial charge is 0.273 e. The number of rotatable bonds is 5. The molecule has 1 heterocycles. The zero-order chi connectivity index (χ0) is 18.7. The van der Waals surface area contributed by atoms with Crippen molar-refractivity contribution in [1.82, 2.24) is 5.01 Å². The molecule has 1 aliphatic heterocycles. The predicted octanol–water partition coefficient (Wildman–Crippen LogP) is 4.55. The fraction of sp³-hybridized carbons (Fsp3) is 0.222. The van der Waals surface area contributed by atoms with E-state index in [1.807, 2.05) is 12.1 Å². The van der Waals surface area contributed by atoms with Crippen LogP contribution in [0.15, 0.2) is 53.6 Å². The van der Waals surface area contributed by atoms with Gasteiger partial charge in [-0.2, -0.15) is 5.10 Å². The molecule has 2 aromatic rings. The van der Waals surface area contributed by atoms with Crippen LogP contribution in [0.1, 0.15) is 30.0 Å². The number of non-ortho nitro benzene ring substituents is 1. The highest BCUT2D eigenvalue weighted by Crippen LogP contribution is 2.34. The summed E-state index contributed by atoms with van der Waals surface area (Å²) in [5.74, 6) is -0.0385. The highest BCUT2D eigenvalue weighted by atomic mass is 35.5. The number of hydrazone groups is 1. The molecule has 6 nitrogen and oxygen atoms in total. The SMILES string of the molecule is O=C(CCCl)N1N=C(c2ccc(Cl)cc2)C[C@@H]1c1cccc([N+](=O)[O-])c1. The molecule has 134 valence electrons. The topological polar surface area (TPSA) is 75.8 Å². The molecule has 0 spiro atoms. The maximum absolute atomic E-state index is 12.5. The Morgan fingerprint density at radius 3 is 2.65 bits per heavy atom.